The molecule has 0 fully saturated rings. The molecule has 4 heterocycles. The van der Waals surface area contributed by atoms with Crippen LogP contribution in [0.4, 0.5) is 5.69 Å². The van der Waals surface area contributed by atoms with Crippen LogP contribution in [0.15, 0.2) is 41.8 Å². The first-order chi connectivity index (χ1) is 13.2. The molecular formula is C18H14N6O3. The van der Waals surface area contributed by atoms with Crippen LogP contribution in [0.3, 0.4) is 0 Å². The third kappa shape index (κ3) is 3.10. The molecule has 0 bridgehead atoms. The van der Waals surface area contributed by atoms with Crippen molar-refractivity contribution in [2.45, 2.75) is 6.42 Å². The largest absolute Gasteiger partial charge is 0.476 e. The van der Waals surface area contributed by atoms with Crippen molar-refractivity contribution in [2.75, 3.05) is 13.7 Å². The Morgan fingerprint density at radius 1 is 1.22 bits per heavy atom. The van der Waals surface area contributed by atoms with Gasteiger partial charge in [0.15, 0.2) is 0 Å². The molecule has 0 N–H and O–H groups in total. The number of fused-ring (bicyclic) bond motifs is 1. The van der Waals surface area contributed by atoms with Crippen molar-refractivity contribution in [1.29, 1.82) is 0 Å². The second kappa shape index (κ2) is 6.87. The fourth-order valence-corrected chi connectivity index (χ4v) is 2.88. The number of pyridine rings is 2. The van der Waals surface area contributed by atoms with E-state index in [0.717, 1.165) is 11.3 Å². The van der Waals surface area contributed by atoms with E-state index in [9.17, 15) is 10.1 Å². The summed E-state index contributed by atoms with van der Waals surface area (Å²) in [7, 11) is 1.34. The topological polar surface area (TPSA) is 116 Å². The molecule has 1 aliphatic heterocycles. The normalized spacial score (nSPS) is 13.4. The summed E-state index contributed by atoms with van der Waals surface area (Å²) >= 11 is 0. The van der Waals surface area contributed by atoms with Crippen LogP contribution in [0, 0.1) is 10.1 Å². The highest BCUT2D eigenvalue weighted by atomic mass is 16.6. The maximum absolute atomic E-state index is 11.3. The highest BCUT2D eigenvalue weighted by Gasteiger charge is 2.19. The molecule has 0 saturated heterocycles. The number of aliphatic imine (C=N–C) groups is 1. The SMILES string of the molecule is COc1ncc(-c2ccc3ncnc(C4=CCN=CC4)c3n2)cc1[N+](=O)[O-]. The van der Waals surface area contributed by atoms with Crippen molar-refractivity contribution in [3.05, 3.63) is 52.6 Å². The van der Waals surface area contributed by atoms with Gasteiger partial charge in [0, 0.05) is 30.5 Å². The number of allylic oxidation sites excluding steroid dienone is 1. The molecule has 3 aromatic heterocycles. The second-order valence-corrected chi connectivity index (χ2v) is 5.78. The maximum Gasteiger partial charge on any atom is 0.331 e. The van der Waals surface area contributed by atoms with E-state index >= 15 is 0 Å². The van der Waals surface area contributed by atoms with E-state index in [0.29, 0.717) is 35.3 Å². The van der Waals surface area contributed by atoms with Crippen molar-refractivity contribution >= 4 is 28.5 Å². The van der Waals surface area contributed by atoms with Crippen molar-refractivity contribution in [2.24, 2.45) is 4.99 Å². The molecule has 134 valence electrons. The van der Waals surface area contributed by atoms with Gasteiger partial charge in [-0.2, -0.15) is 0 Å². The average Bonchev–Trinajstić information content (AvgIpc) is 2.73. The lowest BCUT2D eigenvalue weighted by molar-refractivity contribution is -0.386. The van der Waals surface area contributed by atoms with Gasteiger partial charge in [-0.1, -0.05) is 6.08 Å². The first-order valence-corrected chi connectivity index (χ1v) is 8.15. The molecule has 4 rings (SSSR count). The van der Waals surface area contributed by atoms with Crippen LogP contribution >= 0.6 is 0 Å². The first-order valence-electron chi connectivity index (χ1n) is 8.15. The zero-order valence-corrected chi connectivity index (χ0v) is 14.4. The summed E-state index contributed by atoms with van der Waals surface area (Å²) in [4.78, 5) is 32.3. The average molecular weight is 362 g/mol. The van der Waals surface area contributed by atoms with Gasteiger partial charge in [0.2, 0.25) is 0 Å². The number of nitrogens with zero attached hydrogens (tertiary/aromatic N) is 6. The third-order valence-electron chi connectivity index (χ3n) is 4.19. The summed E-state index contributed by atoms with van der Waals surface area (Å²) in [5, 5.41) is 11.3. The van der Waals surface area contributed by atoms with Gasteiger partial charge in [-0.25, -0.2) is 19.9 Å². The first kappa shape index (κ1) is 16.7. The molecule has 0 spiro atoms. The molecule has 1 aliphatic rings. The number of nitro groups is 1. The standard InChI is InChI=1S/C18H14N6O3/c1-27-18-15(24(25)26)8-12(9-20-18)13-2-3-14-17(23-13)16(22-10-21-14)11-4-6-19-7-5-11/h2-4,7-10H,5-6H2,1H3. The van der Waals surface area contributed by atoms with Crippen LogP contribution in [-0.2, 0) is 0 Å². The van der Waals surface area contributed by atoms with Gasteiger partial charge in [-0.05, 0) is 17.7 Å². The summed E-state index contributed by atoms with van der Waals surface area (Å²) < 4.78 is 4.95. The Morgan fingerprint density at radius 3 is 2.85 bits per heavy atom. The molecule has 3 aromatic rings. The van der Waals surface area contributed by atoms with Gasteiger partial charge in [-0.15, -0.1) is 0 Å². The van der Waals surface area contributed by atoms with Crippen LogP contribution in [-0.4, -0.2) is 44.7 Å². The maximum atomic E-state index is 11.3. The third-order valence-corrected chi connectivity index (χ3v) is 4.19. The lowest BCUT2D eigenvalue weighted by atomic mass is 10.0. The zero-order chi connectivity index (χ0) is 18.8. The Kier molecular flexibility index (Phi) is 4.25. The molecule has 0 atom stereocenters. The highest BCUT2D eigenvalue weighted by Crippen LogP contribution is 2.31. The molecule has 0 aliphatic carbocycles. The summed E-state index contributed by atoms with van der Waals surface area (Å²) in [6, 6.07) is 4.97. The van der Waals surface area contributed by atoms with Crippen LogP contribution in [0.5, 0.6) is 5.88 Å². The molecule has 27 heavy (non-hydrogen) atoms. The number of ether oxygens (including phenoxy) is 1. The predicted molar refractivity (Wildman–Crippen MR) is 99.7 cm³/mol. The number of aromatic nitrogens is 4. The fraction of sp³-hybridized carbons (Fsp3) is 0.167. The monoisotopic (exact) mass is 362 g/mol. The van der Waals surface area contributed by atoms with Gasteiger partial charge in [0.25, 0.3) is 5.88 Å². The zero-order valence-electron chi connectivity index (χ0n) is 14.4. The Labute approximate surface area is 153 Å². The van der Waals surface area contributed by atoms with Crippen molar-refractivity contribution in [3.63, 3.8) is 0 Å². The molecule has 0 amide bonds. The molecule has 9 heteroatoms. The lowest BCUT2D eigenvalue weighted by Gasteiger charge is -2.10. The fourth-order valence-electron chi connectivity index (χ4n) is 2.88. The Balaban J connectivity index is 1.85. The van der Waals surface area contributed by atoms with E-state index in [1.807, 2.05) is 18.4 Å². The van der Waals surface area contributed by atoms with Gasteiger partial charge < -0.3 is 4.74 Å². The van der Waals surface area contributed by atoms with Crippen LogP contribution in [0.2, 0.25) is 0 Å². The van der Waals surface area contributed by atoms with E-state index in [1.165, 1.54) is 25.7 Å². The molecule has 9 nitrogen and oxygen atoms in total. The van der Waals surface area contributed by atoms with Gasteiger partial charge in [0.05, 0.1) is 35.5 Å². The highest BCUT2D eigenvalue weighted by molar-refractivity contribution is 5.92. The lowest BCUT2D eigenvalue weighted by Crippen LogP contribution is -2.01. The summed E-state index contributed by atoms with van der Waals surface area (Å²) in [6.07, 6.45) is 7.54. The van der Waals surface area contributed by atoms with E-state index in [-0.39, 0.29) is 11.6 Å². The van der Waals surface area contributed by atoms with E-state index < -0.39 is 4.92 Å². The minimum atomic E-state index is -0.531. The van der Waals surface area contributed by atoms with E-state index in [4.69, 9.17) is 4.74 Å². The summed E-state index contributed by atoms with van der Waals surface area (Å²) in [6.45, 7) is 0.606. The Bertz CT molecular complexity index is 1110. The molecule has 0 saturated carbocycles. The Hall–Kier alpha value is -3.75. The number of hydrogen-bond acceptors (Lipinski definition) is 8. The molecular weight excluding hydrogens is 348 g/mol. The van der Waals surface area contributed by atoms with Crippen LogP contribution < -0.4 is 4.74 Å². The van der Waals surface area contributed by atoms with Gasteiger partial charge in [-0.3, -0.25) is 15.1 Å². The predicted octanol–water partition coefficient (Wildman–Crippen LogP) is 2.86. The number of methoxy groups -OCH3 is 1. The molecule has 0 unspecified atom stereocenters. The van der Waals surface area contributed by atoms with Gasteiger partial charge >= 0.3 is 5.69 Å². The van der Waals surface area contributed by atoms with Crippen molar-refractivity contribution in [1.82, 2.24) is 19.9 Å². The Morgan fingerprint density at radius 2 is 2.11 bits per heavy atom. The van der Waals surface area contributed by atoms with E-state index in [2.05, 4.69) is 24.9 Å². The number of dihydropyridines is 1. The van der Waals surface area contributed by atoms with Crippen LogP contribution in [0.25, 0.3) is 27.9 Å². The van der Waals surface area contributed by atoms with Crippen LogP contribution in [0.1, 0.15) is 12.1 Å². The van der Waals surface area contributed by atoms with Gasteiger partial charge in [0.1, 0.15) is 11.8 Å². The summed E-state index contributed by atoms with van der Waals surface area (Å²) in [5.74, 6) is -0.0415. The smallest absolute Gasteiger partial charge is 0.331 e. The van der Waals surface area contributed by atoms with E-state index in [1.54, 1.807) is 6.07 Å². The number of hydrogen-bond donors (Lipinski definition) is 0. The van der Waals surface area contributed by atoms with Crippen molar-refractivity contribution in [3.8, 4) is 17.1 Å². The number of rotatable bonds is 4. The minimum absolute atomic E-state index is 0.0415. The quantitative estimate of drug-likeness (QED) is 0.517. The second-order valence-electron chi connectivity index (χ2n) is 5.78. The molecule has 0 radical (unpaired) electrons. The van der Waals surface area contributed by atoms with Crippen molar-refractivity contribution < 1.29 is 9.66 Å². The molecule has 0 aromatic carbocycles. The minimum Gasteiger partial charge on any atom is -0.476 e. The summed E-state index contributed by atoms with van der Waals surface area (Å²) in [5.41, 5.74) is 3.94.